The topological polar surface area (TPSA) is 25.8 Å². The summed E-state index contributed by atoms with van der Waals surface area (Å²) < 4.78 is 0. The van der Waals surface area contributed by atoms with E-state index in [2.05, 4.69) is 55.4 Å². The van der Waals surface area contributed by atoms with Gasteiger partial charge in [0.1, 0.15) is 0 Å². The summed E-state index contributed by atoms with van der Waals surface area (Å²) in [6.07, 6.45) is 9.55. The number of rotatable bonds is 6. The van der Waals surface area contributed by atoms with Gasteiger partial charge in [-0.1, -0.05) is 55.4 Å². The van der Waals surface area contributed by atoms with Crippen LogP contribution in [0.3, 0.4) is 0 Å². The highest BCUT2D eigenvalue weighted by atomic mass is 31.1. The Bertz CT molecular complexity index is 556. The van der Waals surface area contributed by atoms with Crippen LogP contribution in [0.1, 0.15) is 81.1 Å². The van der Waals surface area contributed by atoms with Crippen LogP contribution < -0.4 is 10.9 Å². The average molecular weight is 421 g/mol. The first-order valence-corrected chi connectivity index (χ1v) is 14.6. The fourth-order valence-electron chi connectivity index (χ4n) is 5.67. The van der Waals surface area contributed by atoms with Gasteiger partial charge in [0.15, 0.2) is 0 Å². The molecule has 2 nitrogen and oxygen atoms in total. The molecule has 1 aromatic rings. The van der Waals surface area contributed by atoms with Gasteiger partial charge in [0.05, 0.1) is 10.9 Å². The van der Waals surface area contributed by atoms with Crippen LogP contribution >= 0.6 is 15.8 Å². The number of hydrogen-bond donors (Lipinski definition) is 0. The van der Waals surface area contributed by atoms with E-state index in [4.69, 9.17) is 9.97 Å². The van der Waals surface area contributed by atoms with Crippen LogP contribution in [0.4, 0.5) is 0 Å². The molecule has 2 aliphatic heterocycles. The zero-order chi connectivity index (χ0) is 20.6. The van der Waals surface area contributed by atoms with E-state index in [1.807, 2.05) is 12.4 Å². The van der Waals surface area contributed by atoms with Crippen LogP contribution in [0, 0.1) is 23.7 Å². The molecule has 3 heterocycles. The van der Waals surface area contributed by atoms with E-state index in [1.165, 1.54) is 36.6 Å². The Morgan fingerprint density at radius 1 is 0.571 bits per heavy atom. The lowest BCUT2D eigenvalue weighted by atomic mass is 10.0. The Morgan fingerprint density at radius 2 is 0.821 bits per heavy atom. The maximum atomic E-state index is 5.14. The van der Waals surface area contributed by atoms with E-state index in [1.54, 1.807) is 0 Å². The first-order chi connectivity index (χ1) is 13.2. The molecule has 0 unspecified atom stereocenters. The van der Waals surface area contributed by atoms with Crippen LogP contribution in [-0.4, -0.2) is 32.6 Å². The lowest BCUT2D eigenvalue weighted by Crippen LogP contribution is -2.37. The third-order valence-corrected chi connectivity index (χ3v) is 15.3. The van der Waals surface area contributed by atoms with Gasteiger partial charge >= 0.3 is 0 Å². The van der Waals surface area contributed by atoms with Gasteiger partial charge in [0, 0.05) is 12.4 Å². The SMILES string of the molecule is CC(C)[C@@H]1CC[C@@H](C(C)C)P1c1nccnc1P1[C@H](C(C)C)CC[C@H]1C(C)C. The van der Waals surface area contributed by atoms with Gasteiger partial charge in [0.2, 0.25) is 0 Å². The minimum Gasteiger partial charge on any atom is -0.253 e. The minimum absolute atomic E-state index is 0.217. The summed E-state index contributed by atoms with van der Waals surface area (Å²) in [5.74, 6) is 3.01. The van der Waals surface area contributed by atoms with Crippen molar-refractivity contribution < 1.29 is 0 Å². The summed E-state index contributed by atoms with van der Waals surface area (Å²) in [5, 5.41) is 0. The van der Waals surface area contributed by atoms with Gasteiger partial charge in [-0.3, -0.25) is 9.97 Å². The molecule has 158 valence electrons. The Hall–Kier alpha value is -0.0600. The van der Waals surface area contributed by atoms with E-state index >= 15 is 0 Å². The van der Waals surface area contributed by atoms with Crippen LogP contribution in [0.5, 0.6) is 0 Å². The first kappa shape index (κ1) is 22.6. The highest BCUT2D eigenvalue weighted by Gasteiger charge is 2.46. The maximum Gasteiger partial charge on any atom is 0.0895 e. The van der Waals surface area contributed by atoms with E-state index in [0.29, 0.717) is 0 Å². The molecule has 0 saturated carbocycles. The average Bonchev–Trinajstić information content (AvgIpc) is 3.26. The quantitative estimate of drug-likeness (QED) is 0.499. The molecule has 0 spiro atoms. The van der Waals surface area contributed by atoms with Gasteiger partial charge in [-0.25, -0.2) is 0 Å². The van der Waals surface area contributed by atoms with Gasteiger partial charge in [-0.05, 0) is 87.8 Å². The fraction of sp³-hybridized carbons (Fsp3) is 0.833. The van der Waals surface area contributed by atoms with Crippen molar-refractivity contribution in [3.8, 4) is 0 Å². The molecule has 4 atom stereocenters. The lowest BCUT2D eigenvalue weighted by molar-refractivity contribution is 0.543. The standard InChI is InChI=1S/C24H42N2P2/c1-15(2)19-9-10-20(16(3)4)27(19)23-24(26-14-13-25-23)28-21(17(5)6)11-12-22(28)18(7)8/h13-22H,9-12H2,1-8H3/t19-,20-,21-,22-/m0/s1. The van der Waals surface area contributed by atoms with Crippen LogP contribution in [-0.2, 0) is 0 Å². The summed E-state index contributed by atoms with van der Waals surface area (Å²) in [6.45, 7) is 19.5. The van der Waals surface area contributed by atoms with E-state index in [9.17, 15) is 0 Å². The Morgan fingerprint density at radius 3 is 1.04 bits per heavy atom. The molecule has 2 fully saturated rings. The van der Waals surface area contributed by atoms with Crippen molar-refractivity contribution in [3.05, 3.63) is 12.4 Å². The molecular formula is C24H42N2P2. The van der Waals surface area contributed by atoms with Crippen molar-refractivity contribution in [1.29, 1.82) is 0 Å². The van der Waals surface area contributed by atoms with Crippen molar-refractivity contribution in [2.45, 2.75) is 104 Å². The zero-order valence-corrected chi connectivity index (χ0v) is 21.2. The van der Waals surface area contributed by atoms with Gasteiger partial charge in [0.25, 0.3) is 0 Å². The second-order valence-corrected chi connectivity index (χ2v) is 15.5. The van der Waals surface area contributed by atoms with Gasteiger partial charge < -0.3 is 0 Å². The summed E-state index contributed by atoms with van der Waals surface area (Å²) in [6, 6.07) is 0. The molecule has 4 heteroatoms. The number of hydrogen-bond acceptors (Lipinski definition) is 2. The summed E-state index contributed by atoms with van der Waals surface area (Å²) in [5.41, 5.74) is 6.24. The second kappa shape index (κ2) is 9.39. The van der Waals surface area contributed by atoms with E-state index < -0.39 is 0 Å². The molecular weight excluding hydrogens is 378 g/mol. The third kappa shape index (κ3) is 4.34. The summed E-state index contributed by atoms with van der Waals surface area (Å²) in [4.78, 5) is 10.3. The lowest BCUT2D eigenvalue weighted by Gasteiger charge is -2.35. The molecule has 0 aromatic carbocycles. The predicted molar refractivity (Wildman–Crippen MR) is 128 cm³/mol. The summed E-state index contributed by atoms with van der Waals surface area (Å²) >= 11 is 0. The number of aromatic nitrogens is 2. The normalized spacial score (nSPS) is 29.9. The summed E-state index contributed by atoms with van der Waals surface area (Å²) in [7, 11) is -0.434. The van der Waals surface area contributed by atoms with Gasteiger partial charge in [-0.15, -0.1) is 0 Å². The molecule has 3 rings (SSSR count). The molecule has 2 aliphatic rings. The molecule has 2 saturated heterocycles. The third-order valence-electron chi connectivity index (χ3n) is 7.17. The van der Waals surface area contributed by atoms with E-state index in [-0.39, 0.29) is 15.8 Å². The highest BCUT2D eigenvalue weighted by molar-refractivity contribution is 7.73. The molecule has 0 N–H and O–H groups in total. The van der Waals surface area contributed by atoms with Crippen LogP contribution in [0.25, 0.3) is 0 Å². The second-order valence-electron chi connectivity index (χ2n) is 10.4. The smallest absolute Gasteiger partial charge is 0.0895 e. The first-order valence-electron chi connectivity index (χ1n) is 11.6. The molecule has 28 heavy (non-hydrogen) atoms. The molecule has 0 radical (unpaired) electrons. The predicted octanol–water partition coefficient (Wildman–Crippen LogP) is 6.38. The van der Waals surface area contributed by atoms with Crippen LogP contribution in [0.15, 0.2) is 12.4 Å². The number of nitrogens with zero attached hydrogens (tertiary/aromatic N) is 2. The van der Waals surface area contributed by atoms with Crippen molar-refractivity contribution in [3.63, 3.8) is 0 Å². The van der Waals surface area contributed by atoms with Crippen molar-refractivity contribution >= 4 is 26.7 Å². The molecule has 0 bridgehead atoms. The highest BCUT2D eigenvalue weighted by Crippen LogP contribution is 2.63. The Labute approximate surface area is 176 Å². The Kier molecular flexibility index (Phi) is 7.59. The largest absolute Gasteiger partial charge is 0.253 e. The molecule has 0 amide bonds. The van der Waals surface area contributed by atoms with E-state index in [0.717, 1.165) is 46.3 Å². The maximum absolute atomic E-state index is 5.14. The Balaban J connectivity index is 2.08. The van der Waals surface area contributed by atoms with Crippen LogP contribution in [0.2, 0.25) is 0 Å². The fourth-order valence-corrected chi connectivity index (χ4v) is 13.9. The molecule has 0 aliphatic carbocycles. The van der Waals surface area contributed by atoms with Gasteiger partial charge in [-0.2, -0.15) is 0 Å². The monoisotopic (exact) mass is 420 g/mol. The van der Waals surface area contributed by atoms with Crippen molar-refractivity contribution in [1.82, 2.24) is 9.97 Å². The minimum atomic E-state index is -0.217. The van der Waals surface area contributed by atoms with Crippen molar-refractivity contribution in [2.75, 3.05) is 0 Å². The van der Waals surface area contributed by atoms with Crippen molar-refractivity contribution in [2.24, 2.45) is 23.7 Å². The zero-order valence-electron chi connectivity index (χ0n) is 19.4. The molecule has 1 aromatic heterocycles.